The fourth-order valence-corrected chi connectivity index (χ4v) is 3.42. The number of benzene rings is 2. The number of fused-ring (bicyclic) bond motifs is 1. The Bertz CT molecular complexity index is 822. The van der Waals surface area contributed by atoms with Crippen LogP contribution in [0.15, 0.2) is 60.8 Å². The van der Waals surface area contributed by atoms with Crippen LogP contribution in [0.4, 0.5) is 11.4 Å². The topological polar surface area (TPSA) is 28.2 Å². The van der Waals surface area contributed by atoms with Gasteiger partial charge >= 0.3 is 0 Å². The minimum atomic E-state index is 1.03. The molecule has 0 radical (unpaired) electrons. The van der Waals surface area contributed by atoms with Crippen LogP contribution in [0.25, 0.3) is 10.9 Å². The Hall–Kier alpha value is -2.39. The maximum absolute atomic E-state index is 4.37. The summed E-state index contributed by atoms with van der Waals surface area (Å²) in [4.78, 5) is 6.94. The second-order valence-electron chi connectivity index (χ2n) is 6.54. The van der Waals surface area contributed by atoms with Gasteiger partial charge in [-0.2, -0.15) is 0 Å². The average molecular weight is 317 g/mol. The van der Waals surface area contributed by atoms with E-state index in [4.69, 9.17) is 0 Å². The predicted octanol–water partition coefficient (Wildman–Crippen LogP) is 4.62. The predicted molar refractivity (Wildman–Crippen MR) is 101 cm³/mol. The number of likely N-dealkylation sites (tertiary alicyclic amines) is 1. The highest BCUT2D eigenvalue weighted by Crippen LogP contribution is 2.22. The first-order valence-corrected chi connectivity index (χ1v) is 8.80. The number of hydrogen-bond donors (Lipinski definition) is 1. The summed E-state index contributed by atoms with van der Waals surface area (Å²) in [7, 11) is 0. The minimum Gasteiger partial charge on any atom is -0.355 e. The highest BCUT2D eigenvalue weighted by molar-refractivity contribution is 5.83. The van der Waals surface area contributed by atoms with Gasteiger partial charge in [0, 0.05) is 29.5 Å². The third kappa shape index (κ3) is 3.57. The molecule has 3 nitrogen and oxygen atoms in total. The Kier molecular flexibility index (Phi) is 4.43. The van der Waals surface area contributed by atoms with Crippen molar-refractivity contribution in [2.75, 3.05) is 25.0 Å². The summed E-state index contributed by atoms with van der Waals surface area (Å²) in [6.45, 7) is 3.71. The van der Waals surface area contributed by atoms with Crippen LogP contribution in [0.2, 0.25) is 0 Å². The molecule has 0 bridgehead atoms. The zero-order chi connectivity index (χ0) is 16.2. The largest absolute Gasteiger partial charge is 0.355 e. The minimum absolute atomic E-state index is 1.03. The monoisotopic (exact) mass is 317 g/mol. The molecule has 1 N–H and O–H groups in total. The van der Waals surface area contributed by atoms with Gasteiger partial charge in [0.15, 0.2) is 0 Å². The molecule has 0 saturated carbocycles. The molecule has 0 atom stereocenters. The molecule has 3 aromatic rings. The van der Waals surface area contributed by atoms with Gasteiger partial charge in [-0.1, -0.05) is 18.2 Å². The number of aromatic nitrogens is 1. The third-order valence-electron chi connectivity index (χ3n) is 4.73. The van der Waals surface area contributed by atoms with E-state index in [0.29, 0.717) is 0 Å². The maximum Gasteiger partial charge on any atom is 0.0703 e. The highest BCUT2D eigenvalue weighted by Gasteiger charge is 2.10. The molecule has 24 heavy (non-hydrogen) atoms. The average Bonchev–Trinajstić information content (AvgIpc) is 3.14. The molecule has 0 spiro atoms. The van der Waals surface area contributed by atoms with Crippen molar-refractivity contribution >= 4 is 22.3 Å². The normalized spacial score (nSPS) is 15.0. The number of anilines is 2. The summed E-state index contributed by atoms with van der Waals surface area (Å²) in [5.41, 5.74) is 4.68. The first-order chi connectivity index (χ1) is 11.9. The van der Waals surface area contributed by atoms with Gasteiger partial charge in [-0.3, -0.25) is 4.98 Å². The molecule has 0 unspecified atom stereocenters. The van der Waals surface area contributed by atoms with Gasteiger partial charge in [0.2, 0.25) is 0 Å². The van der Waals surface area contributed by atoms with Crippen molar-refractivity contribution in [1.29, 1.82) is 0 Å². The van der Waals surface area contributed by atoms with Crippen LogP contribution in [0.3, 0.4) is 0 Å². The SMILES string of the molecule is c1cc(CCN2CCCC2)cc(Nc2ccc3ncccc3c2)c1. The van der Waals surface area contributed by atoms with Crippen LogP contribution in [-0.4, -0.2) is 29.5 Å². The first-order valence-electron chi connectivity index (χ1n) is 8.80. The molecule has 3 heteroatoms. The quantitative estimate of drug-likeness (QED) is 0.744. The Morgan fingerprint density at radius 1 is 0.917 bits per heavy atom. The molecule has 1 aromatic heterocycles. The lowest BCUT2D eigenvalue weighted by Crippen LogP contribution is -2.21. The van der Waals surface area contributed by atoms with Crippen molar-refractivity contribution in [2.45, 2.75) is 19.3 Å². The fraction of sp³-hybridized carbons (Fsp3) is 0.286. The van der Waals surface area contributed by atoms with Gasteiger partial charge in [0.05, 0.1) is 5.52 Å². The van der Waals surface area contributed by atoms with Crippen molar-refractivity contribution in [2.24, 2.45) is 0 Å². The molecule has 1 fully saturated rings. The van der Waals surface area contributed by atoms with Gasteiger partial charge in [0.25, 0.3) is 0 Å². The molecular formula is C21H23N3. The van der Waals surface area contributed by atoms with E-state index in [1.807, 2.05) is 12.3 Å². The number of nitrogens with zero attached hydrogens (tertiary/aromatic N) is 2. The summed E-state index contributed by atoms with van der Waals surface area (Å²) < 4.78 is 0. The van der Waals surface area contributed by atoms with E-state index in [1.165, 1.54) is 38.0 Å². The van der Waals surface area contributed by atoms with Gasteiger partial charge in [-0.15, -0.1) is 0 Å². The lowest BCUT2D eigenvalue weighted by Gasteiger charge is -2.15. The second kappa shape index (κ2) is 7.02. The smallest absolute Gasteiger partial charge is 0.0703 e. The molecule has 1 saturated heterocycles. The Labute approximate surface area is 143 Å². The Morgan fingerprint density at radius 3 is 2.71 bits per heavy atom. The van der Waals surface area contributed by atoms with E-state index in [1.54, 1.807) is 0 Å². The summed E-state index contributed by atoms with van der Waals surface area (Å²) >= 11 is 0. The van der Waals surface area contributed by atoms with Crippen molar-refractivity contribution < 1.29 is 0 Å². The third-order valence-corrected chi connectivity index (χ3v) is 4.73. The van der Waals surface area contributed by atoms with Crippen molar-refractivity contribution in [3.8, 4) is 0 Å². The fourth-order valence-electron chi connectivity index (χ4n) is 3.42. The van der Waals surface area contributed by atoms with Crippen molar-refractivity contribution in [3.63, 3.8) is 0 Å². The van der Waals surface area contributed by atoms with E-state index >= 15 is 0 Å². The lowest BCUT2D eigenvalue weighted by atomic mass is 10.1. The van der Waals surface area contributed by atoms with E-state index in [2.05, 4.69) is 63.7 Å². The number of pyridine rings is 1. The van der Waals surface area contributed by atoms with E-state index in [9.17, 15) is 0 Å². The number of nitrogens with one attached hydrogen (secondary N) is 1. The van der Waals surface area contributed by atoms with Crippen LogP contribution in [-0.2, 0) is 6.42 Å². The molecule has 122 valence electrons. The van der Waals surface area contributed by atoms with E-state index in [-0.39, 0.29) is 0 Å². The molecule has 2 heterocycles. The zero-order valence-corrected chi connectivity index (χ0v) is 13.9. The molecule has 1 aliphatic heterocycles. The first kappa shape index (κ1) is 15.2. The van der Waals surface area contributed by atoms with Crippen LogP contribution >= 0.6 is 0 Å². The molecular weight excluding hydrogens is 294 g/mol. The molecule has 1 aliphatic rings. The zero-order valence-electron chi connectivity index (χ0n) is 13.9. The number of hydrogen-bond acceptors (Lipinski definition) is 3. The van der Waals surface area contributed by atoms with Crippen molar-refractivity contribution in [3.05, 3.63) is 66.4 Å². The van der Waals surface area contributed by atoms with Crippen LogP contribution in [0.1, 0.15) is 18.4 Å². The highest BCUT2D eigenvalue weighted by atomic mass is 15.1. The van der Waals surface area contributed by atoms with E-state index in [0.717, 1.165) is 28.7 Å². The number of rotatable bonds is 5. The van der Waals surface area contributed by atoms with Gasteiger partial charge in [-0.25, -0.2) is 0 Å². The summed E-state index contributed by atoms with van der Waals surface area (Å²) in [5, 5.41) is 4.68. The van der Waals surface area contributed by atoms with Crippen molar-refractivity contribution in [1.82, 2.24) is 9.88 Å². The Balaban J connectivity index is 1.46. The summed E-state index contributed by atoms with van der Waals surface area (Å²) in [6, 6.07) is 19.2. The molecule has 4 rings (SSSR count). The van der Waals surface area contributed by atoms with E-state index < -0.39 is 0 Å². The van der Waals surface area contributed by atoms with Crippen LogP contribution < -0.4 is 5.32 Å². The van der Waals surface area contributed by atoms with Gasteiger partial charge < -0.3 is 10.2 Å². The van der Waals surface area contributed by atoms with Crippen LogP contribution in [0.5, 0.6) is 0 Å². The maximum atomic E-state index is 4.37. The molecule has 0 aliphatic carbocycles. The lowest BCUT2D eigenvalue weighted by molar-refractivity contribution is 0.343. The van der Waals surface area contributed by atoms with Gasteiger partial charge in [0.1, 0.15) is 0 Å². The Morgan fingerprint density at radius 2 is 1.79 bits per heavy atom. The molecule has 0 amide bonds. The summed E-state index contributed by atoms with van der Waals surface area (Å²) in [6.07, 6.45) is 5.67. The molecule has 2 aromatic carbocycles. The van der Waals surface area contributed by atoms with Crippen LogP contribution in [0, 0.1) is 0 Å². The summed E-state index contributed by atoms with van der Waals surface area (Å²) in [5.74, 6) is 0. The standard InChI is InChI=1S/C21H23N3/c1-2-13-24(12-1)14-10-17-5-3-7-19(15-17)23-20-8-9-21-18(16-20)6-4-11-22-21/h3-9,11,15-16,23H,1-2,10,12-14H2. The van der Waals surface area contributed by atoms with Gasteiger partial charge in [-0.05, 0) is 74.3 Å². The second-order valence-corrected chi connectivity index (χ2v) is 6.54.